The zero-order valence-corrected chi connectivity index (χ0v) is 15.9. The van der Waals surface area contributed by atoms with E-state index in [4.69, 9.17) is 4.74 Å². The Morgan fingerprint density at radius 2 is 2.21 bits per heavy atom. The minimum absolute atomic E-state index is 0.195. The van der Waals surface area contributed by atoms with Crippen LogP contribution in [0.5, 0.6) is 0 Å². The number of nitrogens with zero attached hydrogens (tertiary/aromatic N) is 4. The Morgan fingerprint density at radius 3 is 3.03 bits per heavy atom. The van der Waals surface area contributed by atoms with Crippen LogP contribution in [0.3, 0.4) is 0 Å². The largest absolute Gasteiger partial charge is 0.379 e. The topological polar surface area (TPSA) is 97.7 Å². The molecule has 5 rings (SSSR count). The summed E-state index contributed by atoms with van der Waals surface area (Å²) in [6, 6.07) is 8.05. The summed E-state index contributed by atoms with van der Waals surface area (Å²) < 4.78 is 7.18. The lowest BCUT2D eigenvalue weighted by atomic mass is 10.2. The van der Waals surface area contributed by atoms with Gasteiger partial charge in [-0.1, -0.05) is 0 Å². The molecule has 1 fully saturated rings. The average Bonchev–Trinajstić information content (AvgIpc) is 3.46. The molecule has 0 saturated carbocycles. The number of amides is 1. The Morgan fingerprint density at radius 1 is 1.28 bits per heavy atom. The fourth-order valence-electron chi connectivity index (χ4n) is 3.54. The zero-order valence-electron chi connectivity index (χ0n) is 15.9. The highest BCUT2D eigenvalue weighted by atomic mass is 16.5. The van der Waals surface area contributed by atoms with Crippen molar-refractivity contribution in [3.8, 4) is 11.3 Å². The summed E-state index contributed by atoms with van der Waals surface area (Å²) in [5.74, 6) is 0.248. The summed E-state index contributed by atoms with van der Waals surface area (Å²) in [5, 5.41) is 8.12. The molecular weight excluding hydrogens is 368 g/mol. The number of nitrogens with one attached hydrogen (secondary N) is 2. The van der Waals surface area contributed by atoms with E-state index in [0.29, 0.717) is 18.0 Å². The van der Waals surface area contributed by atoms with Crippen molar-refractivity contribution in [1.29, 1.82) is 0 Å². The van der Waals surface area contributed by atoms with Crippen molar-refractivity contribution in [3.63, 3.8) is 0 Å². The SMILES string of the molecule is Cc1cc(-c2cc3cnc(NC(=O)c4cnn(C5CCOC5)c4)cc3[nH]2)ccn1. The molecule has 29 heavy (non-hydrogen) atoms. The molecule has 1 atom stereocenters. The number of aryl methyl sites for hydroxylation is 1. The van der Waals surface area contributed by atoms with Crippen LogP contribution in [0.25, 0.3) is 22.2 Å². The number of anilines is 1. The summed E-state index contributed by atoms with van der Waals surface area (Å²) in [4.78, 5) is 24.6. The standard InChI is InChI=1S/C21H20N6O2/c1-13-6-14(2-4-22-13)18-7-15-9-23-20(8-19(15)25-18)26-21(28)16-10-24-27(11-16)17-3-5-29-12-17/h2,4,6-11,17,25H,3,5,12H2,1H3,(H,23,26,28). The van der Waals surface area contributed by atoms with E-state index in [1.165, 1.54) is 0 Å². The van der Waals surface area contributed by atoms with E-state index in [2.05, 4.69) is 25.4 Å². The first-order valence-corrected chi connectivity index (χ1v) is 9.51. The molecule has 2 N–H and O–H groups in total. The molecule has 1 amide bonds. The highest BCUT2D eigenvalue weighted by Gasteiger charge is 2.20. The van der Waals surface area contributed by atoms with Crippen molar-refractivity contribution in [1.82, 2.24) is 24.7 Å². The minimum atomic E-state index is -0.237. The lowest BCUT2D eigenvalue weighted by Crippen LogP contribution is -2.13. The molecule has 1 aliphatic rings. The summed E-state index contributed by atoms with van der Waals surface area (Å²) >= 11 is 0. The number of H-pyrrole nitrogens is 1. The van der Waals surface area contributed by atoms with Crippen molar-refractivity contribution in [2.24, 2.45) is 0 Å². The molecule has 0 aliphatic carbocycles. The number of rotatable bonds is 4. The summed E-state index contributed by atoms with van der Waals surface area (Å²) in [6.07, 6.45) is 7.78. The summed E-state index contributed by atoms with van der Waals surface area (Å²) in [7, 11) is 0. The Balaban J connectivity index is 1.36. The van der Waals surface area contributed by atoms with Crippen LogP contribution in [0.15, 0.2) is 49.1 Å². The van der Waals surface area contributed by atoms with Gasteiger partial charge in [0.25, 0.3) is 5.91 Å². The highest BCUT2D eigenvalue weighted by molar-refractivity contribution is 6.04. The molecule has 0 aromatic carbocycles. The summed E-state index contributed by atoms with van der Waals surface area (Å²) in [5.41, 5.74) is 4.40. The first-order chi connectivity index (χ1) is 14.2. The van der Waals surface area contributed by atoms with Gasteiger partial charge < -0.3 is 15.0 Å². The van der Waals surface area contributed by atoms with Gasteiger partial charge in [0.1, 0.15) is 5.82 Å². The molecule has 8 heteroatoms. The number of carbonyl (C=O) groups is 1. The van der Waals surface area contributed by atoms with Crippen molar-refractivity contribution >= 4 is 22.6 Å². The molecule has 0 radical (unpaired) electrons. The fraction of sp³-hybridized carbons (Fsp3) is 0.238. The van der Waals surface area contributed by atoms with E-state index in [-0.39, 0.29) is 11.9 Å². The molecule has 146 valence electrons. The van der Waals surface area contributed by atoms with Crippen LogP contribution in [0.1, 0.15) is 28.5 Å². The molecule has 1 saturated heterocycles. The maximum atomic E-state index is 12.6. The van der Waals surface area contributed by atoms with Crippen LogP contribution in [-0.4, -0.2) is 43.9 Å². The quantitative estimate of drug-likeness (QED) is 0.559. The van der Waals surface area contributed by atoms with Gasteiger partial charge in [0.15, 0.2) is 0 Å². The first kappa shape index (κ1) is 17.6. The lowest BCUT2D eigenvalue weighted by molar-refractivity contribution is 0.102. The van der Waals surface area contributed by atoms with E-state index in [1.54, 1.807) is 29.5 Å². The van der Waals surface area contributed by atoms with Crippen molar-refractivity contribution in [2.75, 3.05) is 18.5 Å². The van der Waals surface area contributed by atoms with Gasteiger partial charge in [-0.25, -0.2) is 4.98 Å². The maximum absolute atomic E-state index is 12.6. The zero-order chi connectivity index (χ0) is 19.8. The van der Waals surface area contributed by atoms with Crippen LogP contribution >= 0.6 is 0 Å². The Labute approximate surface area is 166 Å². The average molecular weight is 388 g/mol. The Kier molecular flexibility index (Phi) is 4.33. The van der Waals surface area contributed by atoms with Crippen LogP contribution in [0.4, 0.5) is 5.82 Å². The number of fused-ring (bicyclic) bond motifs is 1. The number of ether oxygens (including phenoxy) is 1. The van der Waals surface area contributed by atoms with Crippen molar-refractivity contribution in [3.05, 3.63) is 60.3 Å². The molecule has 0 bridgehead atoms. The number of hydrogen-bond donors (Lipinski definition) is 2. The van der Waals surface area contributed by atoms with E-state index in [9.17, 15) is 4.79 Å². The van der Waals surface area contributed by atoms with Gasteiger partial charge in [0.2, 0.25) is 0 Å². The third-order valence-electron chi connectivity index (χ3n) is 5.10. The third kappa shape index (κ3) is 3.50. The summed E-state index contributed by atoms with van der Waals surface area (Å²) in [6.45, 7) is 3.32. The monoisotopic (exact) mass is 388 g/mol. The lowest BCUT2D eigenvalue weighted by Gasteiger charge is -2.06. The highest BCUT2D eigenvalue weighted by Crippen LogP contribution is 2.25. The molecule has 1 aliphatic heterocycles. The molecule has 8 nitrogen and oxygen atoms in total. The fourth-order valence-corrected chi connectivity index (χ4v) is 3.54. The van der Waals surface area contributed by atoms with E-state index < -0.39 is 0 Å². The van der Waals surface area contributed by atoms with Gasteiger partial charge in [0, 0.05) is 53.6 Å². The van der Waals surface area contributed by atoms with Gasteiger partial charge in [0.05, 0.1) is 29.9 Å². The first-order valence-electron chi connectivity index (χ1n) is 9.51. The van der Waals surface area contributed by atoms with Gasteiger partial charge in [-0.3, -0.25) is 14.5 Å². The van der Waals surface area contributed by atoms with E-state index in [0.717, 1.165) is 40.9 Å². The second-order valence-corrected chi connectivity index (χ2v) is 7.21. The molecule has 1 unspecified atom stereocenters. The normalized spacial score (nSPS) is 16.4. The second-order valence-electron chi connectivity index (χ2n) is 7.21. The molecule has 0 spiro atoms. The minimum Gasteiger partial charge on any atom is -0.379 e. The van der Waals surface area contributed by atoms with Crippen LogP contribution in [-0.2, 0) is 4.74 Å². The number of aromatic nitrogens is 5. The van der Waals surface area contributed by atoms with Crippen LogP contribution in [0, 0.1) is 6.92 Å². The van der Waals surface area contributed by atoms with Gasteiger partial charge in [-0.05, 0) is 31.5 Å². The number of pyridine rings is 2. The number of hydrogen-bond acceptors (Lipinski definition) is 5. The van der Waals surface area contributed by atoms with Crippen molar-refractivity contribution in [2.45, 2.75) is 19.4 Å². The smallest absolute Gasteiger partial charge is 0.260 e. The maximum Gasteiger partial charge on any atom is 0.260 e. The predicted octanol–water partition coefficient (Wildman–Crippen LogP) is 3.34. The van der Waals surface area contributed by atoms with Gasteiger partial charge >= 0.3 is 0 Å². The second kappa shape index (κ2) is 7.14. The van der Waals surface area contributed by atoms with Crippen molar-refractivity contribution < 1.29 is 9.53 Å². The van der Waals surface area contributed by atoms with Gasteiger partial charge in [-0.2, -0.15) is 5.10 Å². The molecule has 4 aromatic heterocycles. The van der Waals surface area contributed by atoms with E-state index >= 15 is 0 Å². The predicted molar refractivity (Wildman–Crippen MR) is 109 cm³/mol. The third-order valence-corrected chi connectivity index (χ3v) is 5.10. The van der Waals surface area contributed by atoms with Crippen LogP contribution < -0.4 is 5.32 Å². The number of aromatic amines is 1. The van der Waals surface area contributed by atoms with Gasteiger partial charge in [-0.15, -0.1) is 0 Å². The van der Waals surface area contributed by atoms with Crippen LogP contribution in [0.2, 0.25) is 0 Å². The van der Waals surface area contributed by atoms with E-state index in [1.807, 2.05) is 31.2 Å². The number of carbonyl (C=O) groups excluding carboxylic acids is 1. The molecule has 4 aromatic rings. The molecule has 5 heterocycles. The Hall–Kier alpha value is -3.52. The Bertz CT molecular complexity index is 1190. The molecular formula is C21H20N6O2.